The average molecular weight is 345 g/mol. The molecule has 3 rings (SSSR count). The third-order valence-electron chi connectivity index (χ3n) is 4.61. The van der Waals surface area contributed by atoms with Gasteiger partial charge in [-0.25, -0.2) is 4.79 Å². The van der Waals surface area contributed by atoms with Crippen molar-refractivity contribution in [2.75, 3.05) is 13.4 Å². The Hall–Kier alpha value is -2.50. The zero-order valence-electron chi connectivity index (χ0n) is 14.3. The number of esters is 1. The number of ether oxygens (including phenoxy) is 3. The van der Waals surface area contributed by atoms with E-state index in [0.29, 0.717) is 17.4 Å². The molecule has 6 nitrogen and oxygen atoms in total. The van der Waals surface area contributed by atoms with Gasteiger partial charge in [-0.05, 0) is 42.5 Å². The summed E-state index contributed by atoms with van der Waals surface area (Å²) in [6, 6.07) is 5.56. The van der Waals surface area contributed by atoms with Crippen molar-refractivity contribution in [3.63, 3.8) is 0 Å². The lowest BCUT2D eigenvalue weighted by Gasteiger charge is -2.29. The smallest absolute Gasteiger partial charge is 0.331 e. The van der Waals surface area contributed by atoms with E-state index in [0.717, 1.165) is 24.8 Å². The maximum absolute atomic E-state index is 11.9. The van der Waals surface area contributed by atoms with Crippen LogP contribution >= 0.6 is 0 Å². The van der Waals surface area contributed by atoms with Crippen LogP contribution < -0.4 is 14.8 Å². The second-order valence-electron chi connectivity index (χ2n) is 6.49. The van der Waals surface area contributed by atoms with Crippen LogP contribution in [0.1, 0.15) is 38.2 Å². The summed E-state index contributed by atoms with van der Waals surface area (Å²) in [5, 5.41) is 2.96. The predicted molar refractivity (Wildman–Crippen MR) is 92.1 cm³/mol. The first-order valence-corrected chi connectivity index (χ1v) is 8.65. The standard InChI is InChI=1S/C19H23NO5/c1-13-4-2-3-5-15(13)20-18(21)11-23-19(22)9-7-14-6-8-16-17(10-14)25-12-24-16/h6-10,13,15H,2-5,11-12H2,1H3,(H,20,21)/b9-7+/t13-,15-/m1/s1. The Balaban J connectivity index is 1.43. The summed E-state index contributed by atoms with van der Waals surface area (Å²) in [6.45, 7) is 2.09. The molecular weight excluding hydrogens is 322 g/mol. The van der Waals surface area contributed by atoms with E-state index in [9.17, 15) is 9.59 Å². The van der Waals surface area contributed by atoms with E-state index in [4.69, 9.17) is 14.2 Å². The van der Waals surface area contributed by atoms with Crippen LogP contribution in [0.4, 0.5) is 0 Å². The maximum atomic E-state index is 11.9. The molecule has 6 heteroatoms. The van der Waals surface area contributed by atoms with Crippen LogP contribution in [0, 0.1) is 5.92 Å². The molecule has 1 saturated carbocycles. The molecule has 0 unspecified atom stereocenters. The number of hydrogen-bond acceptors (Lipinski definition) is 5. The van der Waals surface area contributed by atoms with E-state index >= 15 is 0 Å². The number of rotatable bonds is 5. The summed E-state index contributed by atoms with van der Waals surface area (Å²) in [6.07, 6.45) is 7.38. The second kappa shape index (κ2) is 8.05. The van der Waals surface area contributed by atoms with Crippen LogP contribution in [0.15, 0.2) is 24.3 Å². The first-order valence-electron chi connectivity index (χ1n) is 8.65. The highest BCUT2D eigenvalue weighted by Gasteiger charge is 2.23. The number of fused-ring (bicyclic) bond motifs is 1. The summed E-state index contributed by atoms with van der Waals surface area (Å²) in [5.41, 5.74) is 0.793. The van der Waals surface area contributed by atoms with Gasteiger partial charge >= 0.3 is 5.97 Å². The summed E-state index contributed by atoms with van der Waals surface area (Å²) in [4.78, 5) is 23.7. The number of benzene rings is 1. The van der Waals surface area contributed by atoms with Crippen molar-refractivity contribution >= 4 is 18.0 Å². The zero-order valence-corrected chi connectivity index (χ0v) is 14.3. The molecule has 2 atom stereocenters. The Kier molecular flexibility index (Phi) is 5.58. The quantitative estimate of drug-likeness (QED) is 0.656. The summed E-state index contributed by atoms with van der Waals surface area (Å²) in [7, 11) is 0. The normalized spacial score (nSPS) is 22.0. The van der Waals surface area contributed by atoms with E-state index < -0.39 is 5.97 Å². The molecule has 2 aliphatic rings. The summed E-state index contributed by atoms with van der Waals surface area (Å²) in [5.74, 6) is 1.01. The van der Waals surface area contributed by atoms with Gasteiger partial charge < -0.3 is 19.5 Å². The summed E-state index contributed by atoms with van der Waals surface area (Å²) < 4.78 is 15.5. The lowest BCUT2D eigenvalue weighted by atomic mass is 9.86. The van der Waals surface area contributed by atoms with Gasteiger partial charge in [0.05, 0.1) is 0 Å². The minimum absolute atomic E-state index is 0.184. The van der Waals surface area contributed by atoms with Gasteiger partial charge in [-0.15, -0.1) is 0 Å². The molecule has 1 fully saturated rings. The highest BCUT2D eigenvalue weighted by atomic mass is 16.7. The predicted octanol–water partition coefficient (Wildman–Crippen LogP) is 2.67. The van der Waals surface area contributed by atoms with Crippen LogP contribution in [0.5, 0.6) is 11.5 Å². The van der Waals surface area contributed by atoms with Crippen molar-refractivity contribution in [1.82, 2.24) is 5.32 Å². The van der Waals surface area contributed by atoms with Gasteiger partial charge in [-0.3, -0.25) is 4.79 Å². The molecule has 1 aliphatic heterocycles. The van der Waals surface area contributed by atoms with Gasteiger partial charge in [-0.1, -0.05) is 25.8 Å². The molecular formula is C19H23NO5. The Morgan fingerprint density at radius 3 is 2.88 bits per heavy atom. The minimum atomic E-state index is -0.551. The fourth-order valence-electron chi connectivity index (χ4n) is 3.14. The fraction of sp³-hybridized carbons (Fsp3) is 0.474. The number of hydrogen-bond donors (Lipinski definition) is 1. The molecule has 1 aromatic carbocycles. The van der Waals surface area contributed by atoms with Crippen LogP contribution in [0.2, 0.25) is 0 Å². The number of amides is 1. The highest BCUT2D eigenvalue weighted by Crippen LogP contribution is 2.32. The molecule has 0 saturated heterocycles. The molecule has 0 aromatic heterocycles. The minimum Gasteiger partial charge on any atom is -0.454 e. The van der Waals surface area contributed by atoms with E-state index in [-0.39, 0.29) is 25.3 Å². The average Bonchev–Trinajstić information content (AvgIpc) is 3.08. The molecule has 0 spiro atoms. The molecule has 25 heavy (non-hydrogen) atoms. The molecule has 1 N–H and O–H groups in total. The highest BCUT2D eigenvalue weighted by molar-refractivity contribution is 5.89. The van der Waals surface area contributed by atoms with Gasteiger partial charge in [-0.2, -0.15) is 0 Å². The SMILES string of the molecule is C[C@@H]1CCCC[C@H]1NC(=O)COC(=O)/C=C/c1ccc2c(c1)OCO2. The number of carbonyl (C=O) groups excluding carboxylic acids is 2. The van der Waals surface area contributed by atoms with Gasteiger partial charge in [0.25, 0.3) is 5.91 Å². The molecule has 1 heterocycles. The summed E-state index contributed by atoms with van der Waals surface area (Å²) >= 11 is 0. The van der Waals surface area contributed by atoms with E-state index in [2.05, 4.69) is 12.2 Å². The van der Waals surface area contributed by atoms with Gasteiger partial charge in [0, 0.05) is 12.1 Å². The van der Waals surface area contributed by atoms with Crippen molar-refractivity contribution in [2.45, 2.75) is 38.6 Å². The molecule has 1 aromatic rings. The van der Waals surface area contributed by atoms with Crippen molar-refractivity contribution < 1.29 is 23.8 Å². The van der Waals surface area contributed by atoms with Crippen LogP contribution in [-0.2, 0) is 14.3 Å². The largest absolute Gasteiger partial charge is 0.454 e. The Morgan fingerprint density at radius 1 is 1.24 bits per heavy atom. The number of nitrogens with one attached hydrogen (secondary N) is 1. The van der Waals surface area contributed by atoms with Gasteiger partial charge in [0.15, 0.2) is 18.1 Å². The lowest BCUT2D eigenvalue weighted by molar-refractivity contribution is -0.144. The molecule has 1 amide bonds. The van der Waals surface area contributed by atoms with Crippen LogP contribution in [-0.4, -0.2) is 31.3 Å². The van der Waals surface area contributed by atoms with Crippen molar-refractivity contribution in [1.29, 1.82) is 0 Å². The Morgan fingerprint density at radius 2 is 2.04 bits per heavy atom. The number of carbonyl (C=O) groups is 2. The monoisotopic (exact) mass is 345 g/mol. The third kappa shape index (κ3) is 4.75. The Bertz CT molecular complexity index is 670. The Labute approximate surface area is 147 Å². The van der Waals surface area contributed by atoms with E-state index in [1.54, 1.807) is 18.2 Å². The molecule has 0 bridgehead atoms. The zero-order chi connectivity index (χ0) is 17.6. The fourth-order valence-corrected chi connectivity index (χ4v) is 3.14. The molecule has 1 aliphatic carbocycles. The van der Waals surface area contributed by atoms with E-state index in [1.807, 2.05) is 6.07 Å². The topological polar surface area (TPSA) is 73.9 Å². The lowest BCUT2D eigenvalue weighted by Crippen LogP contribution is -2.42. The maximum Gasteiger partial charge on any atom is 0.331 e. The van der Waals surface area contributed by atoms with Crippen molar-refractivity contribution in [2.24, 2.45) is 5.92 Å². The first kappa shape index (κ1) is 17.3. The first-order chi connectivity index (χ1) is 12.1. The van der Waals surface area contributed by atoms with Crippen molar-refractivity contribution in [3.05, 3.63) is 29.8 Å². The molecule has 134 valence electrons. The van der Waals surface area contributed by atoms with Crippen LogP contribution in [0.3, 0.4) is 0 Å². The van der Waals surface area contributed by atoms with Crippen molar-refractivity contribution in [3.8, 4) is 11.5 Å². The second-order valence-corrected chi connectivity index (χ2v) is 6.49. The van der Waals surface area contributed by atoms with Crippen LogP contribution in [0.25, 0.3) is 6.08 Å². The van der Waals surface area contributed by atoms with Gasteiger partial charge in [0.2, 0.25) is 6.79 Å². The van der Waals surface area contributed by atoms with Gasteiger partial charge in [0.1, 0.15) is 0 Å². The molecule has 0 radical (unpaired) electrons. The van der Waals surface area contributed by atoms with E-state index in [1.165, 1.54) is 12.5 Å². The third-order valence-corrected chi connectivity index (χ3v) is 4.61.